The highest BCUT2D eigenvalue weighted by atomic mass is 19.4. The Morgan fingerprint density at radius 2 is 1.21 bits per heavy atom. The van der Waals surface area contributed by atoms with Crippen molar-refractivity contribution < 1.29 is 67.7 Å². The van der Waals surface area contributed by atoms with Crippen LogP contribution in [0.2, 0.25) is 0 Å². The molecule has 0 bridgehead atoms. The quantitative estimate of drug-likeness (QED) is 0.348. The van der Waals surface area contributed by atoms with Crippen LogP contribution in [0.3, 0.4) is 0 Å². The van der Waals surface area contributed by atoms with Crippen LogP contribution >= 0.6 is 0 Å². The van der Waals surface area contributed by atoms with Gasteiger partial charge in [0.1, 0.15) is 0 Å². The standard InChI is InChI=1S/C13H11F11O4/c1-5(2)8(28-7(27)4-3-6(25)26)9(14,15)10(16,17)11(18,19)12(20,21)13(22,23)24/h3-5,8H,1-2H3,(H,25,26)/b4-3-. The number of hydrogen-bond acceptors (Lipinski definition) is 3. The Morgan fingerprint density at radius 3 is 1.54 bits per heavy atom. The van der Waals surface area contributed by atoms with E-state index in [9.17, 15) is 57.9 Å². The Hall–Kier alpha value is -2.09. The summed E-state index contributed by atoms with van der Waals surface area (Å²) in [5.74, 6) is -34.9. The molecule has 0 fully saturated rings. The molecule has 28 heavy (non-hydrogen) atoms. The van der Waals surface area contributed by atoms with E-state index >= 15 is 0 Å². The first-order valence-electron chi connectivity index (χ1n) is 6.84. The van der Waals surface area contributed by atoms with Crippen LogP contribution in [0.1, 0.15) is 13.8 Å². The van der Waals surface area contributed by atoms with Gasteiger partial charge in [0.15, 0.2) is 6.10 Å². The Bertz CT molecular complexity index is 622. The average Bonchev–Trinajstić information content (AvgIpc) is 2.48. The van der Waals surface area contributed by atoms with Gasteiger partial charge < -0.3 is 9.84 Å². The fourth-order valence-electron chi connectivity index (χ4n) is 1.70. The van der Waals surface area contributed by atoms with Crippen molar-refractivity contribution in [2.45, 2.75) is 49.8 Å². The zero-order valence-electron chi connectivity index (χ0n) is 13.6. The Kier molecular flexibility index (Phi) is 7.16. The number of ether oxygens (including phenoxy) is 1. The van der Waals surface area contributed by atoms with Crippen molar-refractivity contribution >= 4 is 11.9 Å². The monoisotopic (exact) mass is 440 g/mol. The van der Waals surface area contributed by atoms with Crippen molar-refractivity contribution in [3.05, 3.63) is 12.2 Å². The summed E-state index contributed by atoms with van der Waals surface area (Å²) in [7, 11) is 0. The topological polar surface area (TPSA) is 63.6 Å². The number of rotatable bonds is 8. The largest absolute Gasteiger partial charge is 0.478 e. The van der Waals surface area contributed by atoms with Crippen LogP contribution in [0.25, 0.3) is 0 Å². The lowest BCUT2D eigenvalue weighted by atomic mass is 9.89. The highest BCUT2D eigenvalue weighted by molar-refractivity contribution is 5.90. The summed E-state index contributed by atoms with van der Waals surface area (Å²) in [6, 6.07) is 0. The molecule has 4 nitrogen and oxygen atoms in total. The number of carboxylic acids is 1. The smallest absolute Gasteiger partial charge is 0.460 e. The second-order valence-corrected chi connectivity index (χ2v) is 5.62. The lowest BCUT2D eigenvalue weighted by Crippen LogP contribution is -2.69. The molecule has 1 N–H and O–H groups in total. The van der Waals surface area contributed by atoms with Gasteiger partial charge in [0, 0.05) is 12.2 Å². The Morgan fingerprint density at radius 1 is 0.786 bits per heavy atom. The van der Waals surface area contributed by atoms with Crippen LogP contribution in [0.4, 0.5) is 48.3 Å². The first-order valence-corrected chi connectivity index (χ1v) is 6.84. The van der Waals surface area contributed by atoms with Crippen LogP contribution in [0.15, 0.2) is 12.2 Å². The molecule has 0 heterocycles. The van der Waals surface area contributed by atoms with Crippen LogP contribution < -0.4 is 0 Å². The van der Waals surface area contributed by atoms with Gasteiger partial charge in [-0.3, -0.25) is 0 Å². The van der Waals surface area contributed by atoms with E-state index in [1.165, 1.54) is 0 Å². The summed E-state index contributed by atoms with van der Waals surface area (Å²) in [6.07, 6.45) is -11.1. The van der Waals surface area contributed by atoms with Gasteiger partial charge >= 0.3 is 41.8 Å². The van der Waals surface area contributed by atoms with Gasteiger partial charge in [-0.05, 0) is 5.92 Å². The number of carbonyl (C=O) groups excluding carboxylic acids is 1. The molecule has 0 amide bonds. The van der Waals surface area contributed by atoms with Gasteiger partial charge in [0.05, 0.1) is 0 Å². The minimum absolute atomic E-state index is 0.0254. The number of carboxylic acid groups (broad SMARTS) is 1. The van der Waals surface area contributed by atoms with Gasteiger partial charge in [-0.2, -0.15) is 48.3 Å². The maximum absolute atomic E-state index is 13.9. The molecule has 0 aliphatic rings. The predicted octanol–water partition coefficient (Wildman–Crippen LogP) is 4.30. The molecule has 0 aromatic carbocycles. The predicted molar refractivity (Wildman–Crippen MR) is 67.3 cm³/mol. The molecule has 164 valence electrons. The molecule has 1 atom stereocenters. The molecule has 0 aliphatic heterocycles. The molecule has 0 aromatic heterocycles. The van der Waals surface area contributed by atoms with Gasteiger partial charge in [0.2, 0.25) is 0 Å². The first kappa shape index (κ1) is 25.9. The second-order valence-electron chi connectivity index (χ2n) is 5.62. The third-order valence-corrected chi connectivity index (χ3v) is 3.13. The van der Waals surface area contributed by atoms with Gasteiger partial charge in [-0.25, -0.2) is 9.59 Å². The van der Waals surface area contributed by atoms with Crippen LogP contribution in [0, 0.1) is 5.92 Å². The van der Waals surface area contributed by atoms with Crippen LogP contribution in [-0.4, -0.2) is 53.0 Å². The fraction of sp³-hybridized carbons (Fsp3) is 0.692. The van der Waals surface area contributed by atoms with Crippen molar-refractivity contribution in [3.63, 3.8) is 0 Å². The zero-order valence-corrected chi connectivity index (χ0v) is 13.6. The Labute approximate surface area is 148 Å². The number of esters is 1. The molecule has 15 heteroatoms. The fourth-order valence-corrected chi connectivity index (χ4v) is 1.70. The minimum atomic E-state index is -7.64. The highest BCUT2D eigenvalue weighted by Gasteiger charge is 2.88. The van der Waals surface area contributed by atoms with Gasteiger partial charge in [0.25, 0.3) is 0 Å². The molecular weight excluding hydrogens is 429 g/mol. The van der Waals surface area contributed by atoms with E-state index in [0.717, 1.165) is 0 Å². The molecular formula is C13H11F11O4. The summed E-state index contributed by atoms with van der Waals surface area (Å²) in [4.78, 5) is 21.3. The van der Waals surface area contributed by atoms with Gasteiger partial charge in [-0.15, -0.1) is 0 Å². The van der Waals surface area contributed by atoms with E-state index in [1.54, 1.807) is 0 Å². The third-order valence-electron chi connectivity index (χ3n) is 3.13. The minimum Gasteiger partial charge on any atom is -0.478 e. The maximum atomic E-state index is 13.9. The van der Waals surface area contributed by atoms with Crippen molar-refractivity contribution in [2.24, 2.45) is 5.92 Å². The van der Waals surface area contributed by atoms with Crippen molar-refractivity contribution in [1.82, 2.24) is 0 Å². The average molecular weight is 440 g/mol. The molecule has 0 rings (SSSR count). The number of carbonyl (C=O) groups is 2. The molecule has 0 saturated heterocycles. The number of hydrogen-bond donors (Lipinski definition) is 1. The third kappa shape index (κ3) is 4.48. The van der Waals surface area contributed by atoms with Crippen molar-refractivity contribution in [2.75, 3.05) is 0 Å². The number of alkyl halides is 11. The van der Waals surface area contributed by atoms with E-state index < -0.39 is 53.8 Å². The number of halogens is 11. The molecule has 0 aromatic rings. The molecule has 0 radical (unpaired) electrons. The summed E-state index contributed by atoms with van der Waals surface area (Å²) in [5.41, 5.74) is 0. The van der Waals surface area contributed by atoms with E-state index in [-0.39, 0.29) is 12.2 Å². The molecule has 0 saturated carbocycles. The van der Waals surface area contributed by atoms with Crippen molar-refractivity contribution in [1.29, 1.82) is 0 Å². The van der Waals surface area contributed by atoms with E-state index in [1.807, 2.05) is 0 Å². The molecule has 1 unspecified atom stereocenters. The Balaban J connectivity index is 6.18. The zero-order chi connectivity index (χ0) is 22.9. The second kappa shape index (κ2) is 7.73. The molecule has 0 spiro atoms. The number of aliphatic carboxylic acids is 1. The normalized spacial score (nSPS) is 15.8. The van der Waals surface area contributed by atoms with Crippen LogP contribution in [0.5, 0.6) is 0 Å². The first-order chi connectivity index (χ1) is 12.1. The maximum Gasteiger partial charge on any atom is 0.460 e. The van der Waals surface area contributed by atoms with E-state index in [0.29, 0.717) is 13.8 Å². The van der Waals surface area contributed by atoms with E-state index in [2.05, 4.69) is 4.74 Å². The summed E-state index contributed by atoms with van der Waals surface area (Å²) < 4.78 is 147. The van der Waals surface area contributed by atoms with Crippen LogP contribution in [-0.2, 0) is 14.3 Å². The van der Waals surface area contributed by atoms with E-state index in [4.69, 9.17) is 5.11 Å². The SMILES string of the molecule is CC(C)C(OC(=O)/C=C\C(=O)O)C(F)(F)C(F)(F)C(F)(F)C(F)(F)C(F)(F)F. The lowest BCUT2D eigenvalue weighted by Gasteiger charge is -2.40. The van der Waals surface area contributed by atoms with Gasteiger partial charge in [-0.1, -0.05) is 13.8 Å². The summed E-state index contributed by atoms with van der Waals surface area (Å²) in [6.45, 7) is 1.14. The van der Waals surface area contributed by atoms with Crippen molar-refractivity contribution in [3.8, 4) is 0 Å². The highest BCUT2D eigenvalue weighted by Crippen LogP contribution is 2.58. The molecule has 0 aliphatic carbocycles. The summed E-state index contributed by atoms with van der Waals surface area (Å²) in [5, 5.41) is 8.22. The summed E-state index contributed by atoms with van der Waals surface area (Å²) >= 11 is 0. The lowest BCUT2D eigenvalue weighted by molar-refractivity contribution is -0.429.